The van der Waals surface area contributed by atoms with Crippen LogP contribution in [0.4, 0.5) is 0 Å². The fourth-order valence-corrected chi connectivity index (χ4v) is 5.68. The summed E-state index contributed by atoms with van der Waals surface area (Å²) in [7, 11) is 0. The van der Waals surface area contributed by atoms with Crippen LogP contribution in [0, 0.1) is 0 Å². The van der Waals surface area contributed by atoms with Crippen LogP contribution in [0.15, 0.2) is 53.1 Å². The van der Waals surface area contributed by atoms with Gasteiger partial charge in [0, 0.05) is 29.9 Å². The van der Waals surface area contributed by atoms with Crippen molar-refractivity contribution in [3.63, 3.8) is 0 Å². The Morgan fingerprint density at radius 1 is 1.00 bits per heavy atom. The molecule has 0 bridgehead atoms. The number of nitrogens with zero attached hydrogens (tertiary/aromatic N) is 3. The number of likely N-dealkylation sites (tertiary alicyclic amines) is 1. The molecule has 0 aliphatic carbocycles. The minimum absolute atomic E-state index is 0.00838. The number of fused-ring (bicyclic) bond motifs is 1. The third-order valence-corrected chi connectivity index (χ3v) is 7.91. The van der Waals surface area contributed by atoms with E-state index in [2.05, 4.69) is 78.3 Å². The molecule has 2 aliphatic heterocycles. The summed E-state index contributed by atoms with van der Waals surface area (Å²) in [5.41, 5.74) is 3.77. The van der Waals surface area contributed by atoms with E-state index in [1.54, 1.807) is 11.8 Å². The summed E-state index contributed by atoms with van der Waals surface area (Å²) in [5, 5.41) is 4.23. The van der Waals surface area contributed by atoms with Gasteiger partial charge < -0.3 is 9.26 Å². The van der Waals surface area contributed by atoms with Gasteiger partial charge in [0.05, 0.1) is 5.75 Å². The van der Waals surface area contributed by atoms with Crippen LogP contribution in [0.5, 0.6) is 5.75 Å². The highest BCUT2D eigenvalue weighted by molar-refractivity contribution is 7.97. The Morgan fingerprint density at radius 3 is 2.55 bits per heavy atom. The van der Waals surface area contributed by atoms with Crippen molar-refractivity contribution < 1.29 is 9.26 Å². The number of piperidine rings is 1. The third kappa shape index (κ3) is 5.12. The molecule has 1 spiro atoms. The van der Waals surface area contributed by atoms with E-state index in [0.29, 0.717) is 17.5 Å². The molecule has 174 valence electrons. The van der Waals surface area contributed by atoms with Crippen LogP contribution in [0.25, 0.3) is 11.4 Å². The SMILES string of the molecule is CC(C)(C)N1CCC2(CCc3cc(-c4noc(CSCc5ccccc5)n4)ccc3O2)CC1. The predicted molar refractivity (Wildman–Crippen MR) is 133 cm³/mol. The Kier molecular flexibility index (Phi) is 6.23. The lowest BCUT2D eigenvalue weighted by atomic mass is 9.81. The maximum Gasteiger partial charge on any atom is 0.236 e. The zero-order valence-electron chi connectivity index (χ0n) is 19.8. The Morgan fingerprint density at radius 2 is 1.79 bits per heavy atom. The first-order chi connectivity index (χ1) is 15.9. The van der Waals surface area contributed by atoms with Crippen molar-refractivity contribution in [2.24, 2.45) is 0 Å². The third-order valence-electron chi connectivity index (χ3n) is 6.92. The van der Waals surface area contributed by atoms with Crippen molar-refractivity contribution in [1.29, 1.82) is 0 Å². The molecule has 0 radical (unpaired) electrons. The van der Waals surface area contributed by atoms with E-state index < -0.39 is 0 Å². The van der Waals surface area contributed by atoms with Gasteiger partial charge in [0.25, 0.3) is 0 Å². The van der Waals surface area contributed by atoms with Crippen LogP contribution in [0.2, 0.25) is 0 Å². The van der Waals surface area contributed by atoms with Crippen molar-refractivity contribution in [3.8, 4) is 17.1 Å². The molecular weight excluding hydrogens is 430 g/mol. The van der Waals surface area contributed by atoms with Crippen molar-refractivity contribution in [2.45, 2.75) is 69.1 Å². The molecule has 0 unspecified atom stereocenters. The molecule has 5 nitrogen and oxygen atoms in total. The fourth-order valence-electron chi connectivity index (χ4n) is 4.86. The number of ether oxygens (including phenoxy) is 1. The minimum Gasteiger partial charge on any atom is -0.487 e. The van der Waals surface area contributed by atoms with E-state index in [4.69, 9.17) is 9.26 Å². The van der Waals surface area contributed by atoms with Crippen molar-refractivity contribution in [2.75, 3.05) is 13.1 Å². The van der Waals surface area contributed by atoms with Gasteiger partial charge in [-0.2, -0.15) is 4.98 Å². The molecule has 6 heteroatoms. The molecule has 1 aromatic heterocycles. The van der Waals surface area contributed by atoms with Gasteiger partial charge in [0.2, 0.25) is 11.7 Å². The Labute approximate surface area is 200 Å². The van der Waals surface area contributed by atoms with E-state index >= 15 is 0 Å². The van der Waals surface area contributed by atoms with E-state index in [1.807, 2.05) is 6.07 Å². The van der Waals surface area contributed by atoms with Crippen molar-refractivity contribution in [3.05, 3.63) is 65.5 Å². The van der Waals surface area contributed by atoms with Gasteiger partial charge in [0.15, 0.2) is 0 Å². The highest BCUT2D eigenvalue weighted by Crippen LogP contribution is 2.41. The lowest BCUT2D eigenvalue weighted by Gasteiger charge is -2.48. The first-order valence-corrected chi connectivity index (χ1v) is 13.1. The minimum atomic E-state index is -0.00838. The van der Waals surface area contributed by atoms with Crippen LogP contribution < -0.4 is 4.74 Å². The van der Waals surface area contributed by atoms with Gasteiger partial charge in [-0.25, -0.2) is 0 Å². The lowest BCUT2D eigenvalue weighted by molar-refractivity contribution is -0.0355. The summed E-state index contributed by atoms with van der Waals surface area (Å²) < 4.78 is 12.1. The number of hydrogen-bond donors (Lipinski definition) is 0. The fraction of sp³-hybridized carbons (Fsp3) is 0.481. The first kappa shape index (κ1) is 22.5. The number of aromatic nitrogens is 2. The van der Waals surface area contributed by atoms with Gasteiger partial charge in [-0.1, -0.05) is 35.5 Å². The van der Waals surface area contributed by atoms with Crippen LogP contribution in [0.3, 0.4) is 0 Å². The predicted octanol–water partition coefficient (Wildman–Crippen LogP) is 6.13. The first-order valence-electron chi connectivity index (χ1n) is 11.9. The van der Waals surface area contributed by atoms with Gasteiger partial charge in [-0.15, -0.1) is 11.8 Å². The molecule has 3 heterocycles. The molecule has 0 atom stereocenters. The Hall–Kier alpha value is -2.31. The zero-order chi connectivity index (χ0) is 22.9. The number of thioether (sulfide) groups is 1. The quantitative estimate of drug-likeness (QED) is 0.454. The molecule has 0 amide bonds. The van der Waals surface area contributed by atoms with Gasteiger partial charge in [-0.3, -0.25) is 4.90 Å². The van der Waals surface area contributed by atoms with Gasteiger partial charge >= 0.3 is 0 Å². The zero-order valence-corrected chi connectivity index (χ0v) is 20.7. The smallest absolute Gasteiger partial charge is 0.236 e. The molecule has 5 rings (SSSR count). The topological polar surface area (TPSA) is 51.4 Å². The maximum absolute atomic E-state index is 6.62. The molecule has 3 aromatic rings. The normalized spacial score (nSPS) is 18.2. The van der Waals surface area contributed by atoms with Gasteiger partial charge in [0.1, 0.15) is 11.4 Å². The second-order valence-electron chi connectivity index (χ2n) is 10.3. The van der Waals surface area contributed by atoms with Crippen molar-refractivity contribution >= 4 is 11.8 Å². The van der Waals surface area contributed by atoms with E-state index in [-0.39, 0.29) is 11.1 Å². The largest absolute Gasteiger partial charge is 0.487 e. The summed E-state index contributed by atoms with van der Waals surface area (Å²) in [6, 6.07) is 16.8. The second-order valence-corrected chi connectivity index (χ2v) is 11.2. The van der Waals surface area contributed by atoms with Crippen LogP contribution in [-0.2, 0) is 17.9 Å². The van der Waals surface area contributed by atoms with Gasteiger partial charge in [-0.05, 0) is 75.8 Å². The molecule has 33 heavy (non-hydrogen) atoms. The Balaban J connectivity index is 1.21. The number of rotatable bonds is 5. The lowest BCUT2D eigenvalue weighted by Crippen LogP contribution is -2.54. The summed E-state index contributed by atoms with van der Waals surface area (Å²) >= 11 is 1.79. The molecule has 1 saturated heterocycles. The molecule has 0 saturated carbocycles. The average Bonchev–Trinajstić information content (AvgIpc) is 3.28. The van der Waals surface area contributed by atoms with Crippen molar-refractivity contribution in [1.82, 2.24) is 15.0 Å². The van der Waals surface area contributed by atoms with Crippen LogP contribution in [-0.4, -0.2) is 39.3 Å². The molecule has 1 fully saturated rings. The van der Waals surface area contributed by atoms with E-state index in [9.17, 15) is 0 Å². The highest BCUT2D eigenvalue weighted by Gasteiger charge is 2.41. The number of hydrogen-bond acceptors (Lipinski definition) is 6. The second kappa shape index (κ2) is 9.15. The molecule has 2 aromatic carbocycles. The van der Waals surface area contributed by atoms with E-state index in [1.165, 1.54) is 11.1 Å². The highest BCUT2D eigenvalue weighted by atomic mass is 32.2. The molecule has 2 aliphatic rings. The molecule has 0 N–H and O–H groups in total. The number of aryl methyl sites for hydroxylation is 1. The average molecular weight is 464 g/mol. The monoisotopic (exact) mass is 463 g/mol. The summed E-state index contributed by atoms with van der Waals surface area (Å²) in [4.78, 5) is 7.21. The van der Waals surface area contributed by atoms with Crippen LogP contribution >= 0.6 is 11.8 Å². The number of benzene rings is 2. The maximum atomic E-state index is 6.62. The Bertz CT molecular complexity index is 1080. The van der Waals surface area contributed by atoms with E-state index in [0.717, 1.165) is 55.8 Å². The summed E-state index contributed by atoms with van der Waals surface area (Å²) in [5.74, 6) is 4.00. The molecular formula is C27H33N3O2S. The summed E-state index contributed by atoms with van der Waals surface area (Å²) in [6.07, 6.45) is 4.31. The standard InChI is InChI=1S/C27H33N3O2S/c1-26(2,3)30-15-13-27(14-16-30)12-11-21-17-22(9-10-23(21)31-27)25-28-24(32-29-25)19-33-18-20-7-5-4-6-8-20/h4-10,17H,11-16,18-19H2,1-3H3. The van der Waals surface area contributed by atoms with Crippen LogP contribution in [0.1, 0.15) is 57.1 Å². The summed E-state index contributed by atoms with van der Waals surface area (Å²) in [6.45, 7) is 9.11.